The molecule has 0 aromatic heterocycles. The summed E-state index contributed by atoms with van der Waals surface area (Å²) in [4.78, 5) is 12.5. The van der Waals surface area contributed by atoms with Crippen LogP contribution in [-0.2, 0) is 4.74 Å². The fourth-order valence-corrected chi connectivity index (χ4v) is 1.68. The Labute approximate surface area is 101 Å². The van der Waals surface area contributed by atoms with Gasteiger partial charge in [-0.1, -0.05) is 0 Å². The molecule has 0 N–H and O–H groups in total. The first-order valence-electron chi connectivity index (χ1n) is 5.60. The van der Waals surface area contributed by atoms with Crippen LogP contribution in [0, 0.1) is 5.82 Å². The van der Waals surface area contributed by atoms with E-state index < -0.39 is 0 Å². The molecule has 0 saturated heterocycles. The number of methoxy groups -OCH3 is 1. The Balaban J connectivity index is 2.97. The Bertz CT molecular complexity index is 380. The van der Waals surface area contributed by atoms with Crippen LogP contribution in [0.25, 0.3) is 0 Å². The van der Waals surface area contributed by atoms with E-state index in [0.29, 0.717) is 30.7 Å². The van der Waals surface area contributed by atoms with Crippen molar-refractivity contribution in [3.8, 4) is 0 Å². The van der Waals surface area contributed by atoms with Crippen molar-refractivity contribution >= 4 is 12.0 Å². The lowest BCUT2D eigenvalue weighted by Gasteiger charge is -2.29. The molecule has 0 bridgehead atoms. The smallest absolute Gasteiger partial charge is 0.150 e. The van der Waals surface area contributed by atoms with Gasteiger partial charge in [-0.3, -0.25) is 4.79 Å². The molecular weight excluding hydrogens is 221 g/mol. The summed E-state index contributed by atoms with van der Waals surface area (Å²) in [6, 6.07) is 4.68. The molecule has 0 radical (unpaired) electrons. The van der Waals surface area contributed by atoms with E-state index in [0.717, 1.165) is 0 Å². The molecule has 94 valence electrons. The molecule has 1 aromatic carbocycles. The van der Waals surface area contributed by atoms with Gasteiger partial charge in [-0.2, -0.15) is 0 Å². The highest BCUT2D eigenvalue weighted by Gasteiger charge is 2.14. The summed E-state index contributed by atoms with van der Waals surface area (Å²) in [7, 11) is 1.62. The van der Waals surface area contributed by atoms with E-state index in [2.05, 4.69) is 0 Å². The van der Waals surface area contributed by atoms with Gasteiger partial charge in [0.2, 0.25) is 0 Å². The number of anilines is 1. The quantitative estimate of drug-likeness (QED) is 0.714. The first-order valence-corrected chi connectivity index (χ1v) is 5.60. The van der Waals surface area contributed by atoms with Gasteiger partial charge in [0.05, 0.1) is 12.3 Å². The molecule has 17 heavy (non-hydrogen) atoms. The number of benzene rings is 1. The van der Waals surface area contributed by atoms with Gasteiger partial charge >= 0.3 is 0 Å². The van der Waals surface area contributed by atoms with Crippen LogP contribution in [0.2, 0.25) is 0 Å². The molecule has 0 aliphatic carbocycles. The molecule has 0 heterocycles. The Morgan fingerprint density at radius 3 is 2.65 bits per heavy atom. The van der Waals surface area contributed by atoms with E-state index in [-0.39, 0.29) is 11.9 Å². The van der Waals surface area contributed by atoms with E-state index in [4.69, 9.17) is 4.74 Å². The summed E-state index contributed by atoms with van der Waals surface area (Å²) < 4.78 is 18.8. The van der Waals surface area contributed by atoms with Crippen LogP contribution in [0.4, 0.5) is 10.1 Å². The summed E-state index contributed by atoms with van der Waals surface area (Å²) in [5, 5.41) is 0. The zero-order valence-electron chi connectivity index (χ0n) is 10.4. The highest BCUT2D eigenvalue weighted by atomic mass is 19.1. The van der Waals surface area contributed by atoms with Gasteiger partial charge in [-0.25, -0.2) is 4.39 Å². The maximum Gasteiger partial charge on any atom is 0.150 e. The summed E-state index contributed by atoms with van der Waals surface area (Å²) >= 11 is 0. The van der Waals surface area contributed by atoms with Crippen molar-refractivity contribution in [3.05, 3.63) is 29.6 Å². The number of hydrogen-bond acceptors (Lipinski definition) is 3. The van der Waals surface area contributed by atoms with Gasteiger partial charge in [0.15, 0.2) is 0 Å². The van der Waals surface area contributed by atoms with E-state index >= 15 is 0 Å². The van der Waals surface area contributed by atoms with E-state index in [9.17, 15) is 9.18 Å². The predicted octanol–water partition coefficient (Wildman–Crippen LogP) is 2.50. The van der Waals surface area contributed by atoms with Crippen LogP contribution in [0.1, 0.15) is 24.2 Å². The number of nitrogens with zero attached hydrogens (tertiary/aromatic N) is 1. The molecule has 0 unspecified atom stereocenters. The van der Waals surface area contributed by atoms with E-state index in [1.807, 2.05) is 18.7 Å². The van der Waals surface area contributed by atoms with Crippen molar-refractivity contribution in [2.75, 3.05) is 25.2 Å². The Hall–Kier alpha value is -1.42. The van der Waals surface area contributed by atoms with Gasteiger partial charge in [0.25, 0.3) is 0 Å². The SMILES string of the molecule is COCCN(c1ccc(C=O)cc1F)C(C)C. The molecule has 0 aliphatic rings. The van der Waals surface area contributed by atoms with Gasteiger partial charge in [-0.15, -0.1) is 0 Å². The Kier molecular flexibility index (Phi) is 5.10. The second kappa shape index (κ2) is 6.35. The molecule has 0 atom stereocenters. The highest BCUT2D eigenvalue weighted by molar-refractivity contribution is 5.76. The highest BCUT2D eigenvalue weighted by Crippen LogP contribution is 2.22. The van der Waals surface area contributed by atoms with Gasteiger partial charge < -0.3 is 9.64 Å². The van der Waals surface area contributed by atoms with E-state index in [1.54, 1.807) is 19.2 Å². The van der Waals surface area contributed by atoms with Gasteiger partial charge in [0.1, 0.15) is 12.1 Å². The summed E-state index contributed by atoms with van der Waals surface area (Å²) in [5.74, 6) is -0.376. The van der Waals surface area contributed by atoms with E-state index in [1.165, 1.54) is 6.07 Å². The number of carbonyl (C=O) groups excluding carboxylic acids is 1. The van der Waals surface area contributed by atoms with Crippen molar-refractivity contribution < 1.29 is 13.9 Å². The summed E-state index contributed by atoms with van der Waals surface area (Å²) in [5.41, 5.74) is 0.851. The average molecular weight is 239 g/mol. The number of carbonyl (C=O) groups is 1. The van der Waals surface area contributed by atoms with Crippen molar-refractivity contribution in [2.45, 2.75) is 19.9 Å². The lowest BCUT2D eigenvalue weighted by Crippen LogP contribution is -2.34. The first kappa shape index (κ1) is 13.6. The second-order valence-corrected chi connectivity index (χ2v) is 4.11. The third-order valence-electron chi connectivity index (χ3n) is 2.58. The maximum atomic E-state index is 13.8. The fourth-order valence-electron chi connectivity index (χ4n) is 1.68. The predicted molar refractivity (Wildman–Crippen MR) is 66.1 cm³/mol. The molecule has 0 saturated carbocycles. The second-order valence-electron chi connectivity index (χ2n) is 4.11. The zero-order chi connectivity index (χ0) is 12.8. The van der Waals surface area contributed by atoms with Crippen LogP contribution < -0.4 is 4.90 Å². The number of halogens is 1. The van der Waals surface area contributed by atoms with Crippen molar-refractivity contribution in [2.24, 2.45) is 0 Å². The Morgan fingerprint density at radius 2 is 2.18 bits per heavy atom. The fraction of sp³-hybridized carbons (Fsp3) is 0.462. The minimum absolute atomic E-state index is 0.168. The van der Waals surface area contributed by atoms with Crippen molar-refractivity contribution in [1.29, 1.82) is 0 Å². The minimum atomic E-state index is -0.376. The molecule has 0 spiro atoms. The Morgan fingerprint density at radius 1 is 1.47 bits per heavy atom. The lowest BCUT2D eigenvalue weighted by atomic mass is 10.1. The normalized spacial score (nSPS) is 10.6. The molecule has 4 heteroatoms. The maximum absolute atomic E-state index is 13.8. The number of ether oxygens (including phenoxy) is 1. The number of hydrogen-bond donors (Lipinski definition) is 0. The molecule has 1 aromatic rings. The molecule has 0 aliphatic heterocycles. The topological polar surface area (TPSA) is 29.5 Å². The minimum Gasteiger partial charge on any atom is -0.383 e. The van der Waals surface area contributed by atoms with Gasteiger partial charge in [-0.05, 0) is 32.0 Å². The van der Waals surface area contributed by atoms with Crippen LogP contribution in [0.5, 0.6) is 0 Å². The van der Waals surface area contributed by atoms with Crippen molar-refractivity contribution in [3.63, 3.8) is 0 Å². The third-order valence-corrected chi connectivity index (χ3v) is 2.58. The lowest BCUT2D eigenvalue weighted by molar-refractivity contribution is 0.112. The third kappa shape index (κ3) is 3.53. The molecule has 1 rings (SSSR count). The average Bonchev–Trinajstić information content (AvgIpc) is 2.30. The number of rotatable bonds is 6. The summed E-state index contributed by atoms with van der Waals surface area (Å²) in [6.45, 7) is 5.13. The van der Waals surface area contributed by atoms with Crippen LogP contribution >= 0.6 is 0 Å². The summed E-state index contributed by atoms with van der Waals surface area (Å²) in [6.07, 6.45) is 0.641. The largest absolute Gasteiger partial charge is 0.383 e. The molecule has 0 fully saturated rings. The monoisotopic (exact) mass is 239 g/mol. The van der Waals surface area contributed by atoms with Gasteiger partial charge in [0, 0.05) is 25.3 Å². The first-order chi connectivity index (χ1) is 8.10. The standard InChI is InChI=1S/C13H18FNO2/c1-10(2)15(6-7-17-3)13-5-4-11(9-16)8-12(13)14/h4-5,8-10H,6-7H2,1-3H3. The molecule has 3 nitrogen and oxygen atoms in total. The van der Waals surface area contributed by atoms with Crippen LogP contribution in [0.3, 0.4) is 0 Å². The zero-order valence-corrected chi connectivity index (χ0v) is 10.4. The van der Waals surface area contributed by atoms with Crippen molar-refractivity contribution in [1.82, 2.24) is 0 Å². The molecule has 0 amide bonds. The van der Waals surface area contributed by atoms with Crippen LogP contribution in [0.15, 0.2) is 18.2 Å². The van der Waals surface area contributed by atoms with Crippen LogP contribution in [-0.4, -0.2) is 32.6 Å². The number of aldehydes is 1. The molecular formula is C13H18FNO2.